The number of hydrogen-bond acceptors (Lipinski definition) is 3. The predicted molar refractivity (Wildman–Crippen MR) is 63.4 cm³/mol. The van der Waals surface area contributed by atoms with Crippen LogP contribution in [0.3, 0.4) is 0 Å². The summed E-state index contributed by atoms with van der Waals surface area (Å²) in [6, 6.07) is 3.77. The minimum Gasteiger partial charge on any atom is -0.484 e. The molecule has 1 saturated carbocycles. The van der Waals surface area contributed by atoms with Crippen LogP contribution in [0.5, 0.6) is 5.75 Å². The lowest BCUT2D eigenvalue weighted by atomic mass is 9.86. The van der Waals surface area contributed by atoms with E-state index in [1.165, 1.54) is 12.1 Å². The van der Waals surface area contributed by atoms with E-state index in [0.29, 0.717) is 13.0 Å². The van der Waals surface area contributed by atoms with Crippen LogP contribution < -0.4 is 10.5 Å². The monoisotopic (exact) mass is 257 g/mol. The first-order valence-corrected chi connectivity index (χ1v) is 6.11. The molecule has 0 aliphatic heterocycles. The summed E-state index contributed by atoms with van der Waals surface area (Å²) in [6.45, 7) is 2.58. The van der Waals surface area contributed by atoms with Gasteiger partial charge in [-0.15, -0.1) is 0 Å². The Kier molecular flexibility index (Phi) is 4.14. The summed E-state index contributed by atoms with van der Waals surface area (Å²) in [5.41, 5.74) is 5.80. The summed E-state index contributed by atoms with van der Waals surface area (Å²) in [4.78, 5) is 0. The molecule has 0 amide bonds. The van der Waals surface area contributed by atoms with E-state index in [-0.39, 0.29) is 24.0 Å². The summed E-state index contributed by atoms with van der Waals surface area (Å²) in [6.07, 6.45) is 0.921. The highest BCUT2D eigenvalue weighted by Crippen LogP contribution is 2.29. The molecular formula is C13H17F2NO2. The molecule has 3 atom stereocenters. The Morgan fingerprint density at radius 3 is 2.83 bits per heavy atom. The van der Waals surface area contributed by atoms with Crippen LogP contribution in [-0.2, 0) is 4.74 Å². The van der Waals surface area contributed by atoms with Crippen molar-refractivity contribution in [2.75, 3.05) is 6.61 Å². The smallest absolute Gasteiger partial charge is 0.200 e. The fourth-order valence-corrected chi connectivity index (χ4v) is 1.95. The molecule has 0 aromatic heterocycles. The summed E-state index contributed by atoms with van der Waals surface area (Å²) < 4.78 is 37.4. The van der Waals surface area contributed by atoms with Crippen LogP contribution in [0.25, 0.3) is 0 Å². The van der Waals surface area contributed by atoms with E-state index in [0.717, 1.165) is 12.5 Å². The van der Waals surface area contributed by atoms with Gasteiger partial charge in [0.15, 0.2) is 11.6 Å². The van der Waals surface area contributed by atoms with Crippen molar-refractivity contribution < 1.29 is 18.3 Å². The van der Waals surface area contributed by atoms with Crippen molar-refractivity contribution in [3.63, 3.8) is 0 Å². The molecule has 1 fully saturated rings. The fourth-order valence-electron chi connectivity index (χ4n) is 1.95. The Bertz CT molecular complexity index is 414. The Balaban J connectivity index is 1.99. The highest BCUT2D eigenvalue weighted by molar-refractivity contribution is 5.26. The van der Waals surface area contributed by atoms with Crippen LogP contribution in [-0.4, -0.2) is 24.9 Å². The molecule has 0 radical (unpaired) electrons. The summed E-state index contributed by atoms with van der Waals surface area (Å²) in [5, 5.41) is 0. The first-order valence-electron chi connectivity index (χ1n) is 6.11. The molecule has 1 aromatic rings. The van der Waals surface area contributed by atoms with Crippen LogP contribution in [0.1, 0.15) is 19.8 Å². The Hall–Kier alpha value is -1.20. The molecule has 0 spiro atoms. The number of rotatable bonds is 5. The highest BCUT2D eigenvalue weighted by atomic mass is 19.2. The second-order valence-electron chi connectivity index (χ2n) is 4.44. The van der Waals surface area contributed by atoms with E-state index >= 15 is 0 Å². The van der Waals surface area contributed by atoms with E-state index in [9.17, 15) is 8.78 Å². The molecule has 2 rings (SSSR count). The third kappa shape index (κ3) is 2.62. The maximum atomic E-state index is 13.4. The number of nitrogens with two attached hydrogens (primary N) is 1. The van der Waals surface area contributed by atoms with Crippen LogP contribution in [0.15, 0.2) is 18.2 Å². The van der Waals surface area contributed by atoms with Gasteiger partial charge in [-0.05, 0) is 18.6 Å². The third-order valence-electron chi connectivity index (χ3n) is 3.00. The van der Waals surface area contributed by atoms with Gasteiger partial charge in [-0.2, -0.15) is 4.39 Å². The standard InChI is InChI=1S/C13H17F2NO2/c1-2-6-17-13-9(16)7-11(13)18-10-5-3-4-8(14)12(10)15/h3-5,9,11,13H,2,6-7,16H2,1H3. The van der Waals surface area contributed by atoms with Gasteiger partial charge in [0.2, 0.25) is 5.82 Å². The zero-order chi connectivity index (χ0) is 13.1. The lowest BCUT2D eigenvalue weighted by Crippen LogP contribution is -2.59. The van der Waals surface area contributed by atoms with E-state index in [1.54, 1.807) is 0 Å². The first kappa shape index (κ1) is 13.2. The minimum atomic E-state index is -0.966. The van der Waals surface area contributed by atoms with Gasteiger partial charge in [0.05, 0.1) is 0 Å². The molecule has 0 bridgehead atoms. The molecule has 2 N–H and O–H groups in total. The van der Waals surface area contributed by atoms with Crippen molar-refractivity contribution in [1.82, 2.24) is 0 Å². The Labute approximate surface area is 105 Å². The van der Waals surface area contributed by atoms with Crippen molar-refractivity contribution in [3.8, 4) is 5.75 Å². The fraction of sp³-hybridized carbons (Fsp3) is 0.538. The zero-order valence-corrected chi connectivity index (χ0v) is 10.2. The number of halogens is 2. The third-order valence-corrected chi connectivity index (χ3v) is 3.00. The Morgan fingerprint density at radius 1 is 1.39 bits per heavy atom. The van der Waals surface area contributed by atoms with Crippen molar-refractivity contribution in [2.24, 2.45) is 5.73 Å². The summed E-state index contributed by atoms with van der Waals surface area (Å²) >= 11 is 0. The summed E-state index contributed by atoms with van der Waals surface area (Å²) in [5.74, 6) is -1.97. The van der Waals surface area contributed by atoms with Gasteiger partial charge in [0.1, 0.15) is 12.2 Å². The molecule has 3 nitrogen and oxygen atoms in total. The van der Waals surface area contributed by atoms with Gasteiger partial charge in [-0.25, -0.2) is 4.39 Å². The molecule has 0 saturated heterocycles. The highest BCUT2D eigenvalue weighted by Gasteiger charge is 2.41. The molecular weight excluding hydrogens is 240 g/mol. The van der Waals surface area contributed by atoms with Crippen LogP contribution in [0, 0.1) is 11.6 Å². The van der Waals surface area contributed by atoms with Crippen LogP contribution in [0.4, 0.5) is 8.78 Å². The van der Waals surface area contributed by atoms with Gasteiger partial charge in [0.25, 0.3) is 0 Å². The second-order valence-corrected chi connectivity index (χ2v) is 4.44. The topological polar surface area (TPSA) is 44.5 Å². The SMILES string of the molecule is CCCOC1C(N)CC1Oc1cccc(F)c1F. The molecule has 0 heterocycles. The normalized spacial score (nSPS) is 26.8. The zero-order valence-electron chi connectivity index (χ0n) is 10.2. The van der Waals surface area contributed by atoms with Gasteiger partial charge >= 0.3 is 0 Å². The van der Waals surface area contributed by atoms with Crippen molar-refractivity contribution in [2.45, 2.75) is 38.0 Å². The van der Waals surface area contributed by atoms with Crippen LogP contribution in [0.2, 0.25) is 0 Å². The molecule has 18 heavy (non-hydrogen) atoms. The average molecular weight is 257 g/mol. The van der Waals surface area contributed by atoms with E-state index in [2.05, 4.69) is 0 Å². The van der Waals surface area contributed by atoms with Gasteiger partial charge in [-0.3, -0.25) is 0 Å². The summed E-state index contributed by atoms with van der Waals surface area (Å²) in [7, 11) is 0. The van der Waals surface area contributed by atoms with Crippen molar-refractivity contribution in [1.29, 1.82) is 0 Å². The molecule has 100 valence electrons. The van der Waals surface area contributed by atoms with Crippen molar-refractivity contribution >= 4 is 0 Å². The number of benzene rings is 1. The lowest BCUT2D eigenvalue weighted by Gasteiger charge is -2.41. The number of hydrogen-bond donors (Lipinski definition) is 1. The number of ether oxygens (including phenoxy) is 2. The van der Waals surface area contributed by atoms with E-state index < -0.39 is 11.6 Å². The van der Waals surface area contributed by atoms with Crippen molar-refractivity contribution in [3.05, 3.63) is 29.8 Å². The first-order chi connectivity index (χ1) is 8.63. The quantitative estimate of drug-likeness (QED) is 0.879. The van der Waals surface area contributed by atoms with Gasteiger partial charge in [-0.1, -0.05) is 13.0 Å². The largest absolute Gasteiger partial charge is 0.484 e. The second kappa shape index (κ2) is 5.63. The maximum absolute atomic E-state index is 13.4. The van der Waals surface area contributed by atoms with E-state index in [1.807, 2.05) is 6.92 Å². The van der Waals surface area contributed by atoms with Gasteiger partial charge in [0, 0.05) is 19.1 Å². The van der Waals surface area contributed by atoms with Crippen LogP contribution >= 0.6 is 0 Å². The minimum absolute atomic E-state index is 0.0861. The molecule has 5 heteroatoms. The van der Waals surface area contributed by atoms with Gasteiger partial charge < -0.3 is 15.2 Å². The molecule has 1 aliphatic rings. The lowest BCUT2D eigenvalue weighted by molar-refractivity contribution is -0.0990. The predicted octanol–water partition coefficient (Wildman–Crippen LogP) is 2.24. The Morgan fingerprint density at radius 2 is 2.17 bits per heavy atom. The maximum Gasteiger partial charge on any atom is 0.200 e. The molecule has 3 unspecified atom stereocenters. The molecule has 1 aliphatic carbocycles. The van der Waals surface area contributed by atoms with E-state index in [4.69, 9.17) is 15.2 Å². The average Bonchev–Trinajstić information content (AvgIpc) is 2.34. The molecule has 1 aromatic carbocycles.